The van der Waals surface area contributed by atoms with Gasteiger partial charge in [0.15, 0.2) is 0 Å². The van der Waals surface area contributed by atoms with E-state index < -0.39 is 10.7 Å². The Morgan fingerprint density at radius 3 is 1.85 bits per heavy atom. The van der Waals surface area contributed by atoms with Crippen molar-refractivity contribution in [2.24, 2.45) is 16.2 Å². The number of rotatable bonds is 5. The molecule has 0 aromatic heterocycles. The maximum Gasteiger partial charge on any atom is 0.295 e. The predicted molar refractivity (Wildman–Crippen MR) is 70.3 cm³/mol. The summed E-state index contributed by atoms with van der Waals surface area (Å²) in [6, 6.07) is 0. The minimum atomic E-state index is -0.806. The molecule has 0 amide bonds. The Morgan fingerprint density at radius 2 is 1.45 bits per heavy atom. The van der Waals surface area contributed by atoms with Crippen LogP contribution in [0.3, 0.4) is 0 Å². The van der Waals surface area contributed by atoms with Crippen LogP contribution < -0.4 is 0 Å². The molecular weight excluding hydrogens is 262 g/mol. The molecule has 0 aromatic carbocycles. The fourth-order valence-electron chi connectivity index (χ4n) is 6.15. The van der Waals surface area contributed by atoms with Gasteiger partial charge in [-0.2, -0.15) is 0 Å². The molecule has 4 aliphatic rings. The third-order valence-electron chi connectivity index (χ3n) is 6.03. The largest absolute Gasteiger partial charge is 0.396 e. The van der Waals surface area contributed by atoms with Gasteiger partial charge in [0.1, 0.15) is 5.60 Å². The van der Waals surface area contributed by atoms with Crippen LogP contribution in [0.15, 0.2) is 0 Å². The topological polar surface area (TPSA) is 92.8 Å². The normalized spacial score (nSPS) is 49.4. The molecule has 4 saturated carbocycles. The summed E-state index contributed by atoms with van der Waals surface area (Å²) < 4.78 is 0. The highest BCUT2D eigenvalue weighted by Gasteiger charge is 2.68. The zero-order valence-corrected chi connectivity index (χ0v) is 11.9. The molecule has 20 heavy (non-hydrogen) atoms. The third-order valence-corrected chi connectivity index (χ3v) is 6.03. The summed E-state index contributed by atoms with van der Waals surface area (Å²) >= 11 is 0. The molecule has 4 rings (SSSR count). The van der Waals surface area contributed by atoms with Crippen molar-refractivity contribution in [2.75, 3.05) is 13.2 Å². The third kappa shape index (κ3) is 1.84. The summed E-state index contributed by atoms with van der Waals surface area (Å²) in [6.07, 6.45) is 5.25. The molecule has 0 aliphatic heterocycles. The molecule has 6 nitrogen and oxygen atoms in total. The highest BCUT2D eigenvalue weighted by molar-refractivity contribution is 5.18. The predicted octanol–water partition coefficient (Wildman–Crippen LogP) is 1.67. The molecular formula is C14H23NO5. The van der Waals surface area contributed by atoms with Crippen LogP contribution in [0.1, 0.15) is 51.9 Å². The van der Waals surface area contributed by atoms with Gasteiger partial charge in [-0.05, 0) is 54.8 Å². The van der Waals surface area contributed by atoms with Gasteiger partial charge < -0.3 is 15.1 Å². The van der Waals surface area contributed by atoms with Gasteiger partial charge in [-0.3, -0.25) is 0 Å². The van der Waals surface area contributed by atoms with E-state index in [1.165, 1.54) is 0 Å². The summed E-state index contributed by atoms with van der Waals surface area (Å²) in [6.45, 7) is 2.15. The molecule has 6 heteroatoms. The van der Waals surface area contributed by atoms with Gasteiger partial charge in [-0.15, -0.1) is 10.1 Å². The van der Waals surface area contributed by atoms with Crippen molar-refractivity contribution < 1.29 is 20.1 Å². The lowest BCUT2D eigenvalue weighted by Gasteiger charge is -2.69. The number of aliphatic hydroxyl groups is 2. The van der Waals surface area contributed by atoms with E-state index >= 15 is 0 Å². The molecule has 114 valence electrons. The molecule has 2 unspecified atom stereocenters. The minimum Gasteiger partial charge on any atom is -0.396 e. The molecule has 2 atom stereocenters. The van der Waals surface area contributed by atoms with Crippen molar-refractivity contribution >= 4 is 0 Å². The summed E-state index contributed by atoms with van der Waals surface area (Å²) in [4.78, 5) is 16.1. The zero-order chi connectivity index (χ0) is 14.6. The quantitative estimate of drug-likeness (QED) is 0.592. The first-order valence-electron chi connectivity index (χ1n) is 7.39. The second-order valence-corrected chi connectivity index (χ2v) is 7.73. The summed E-state index contributed by atoms with van der Waals surface area (Å²) in [5.74, 6) is 0. The first-order valence-corrected chi connectivity index (χ1v) is 7.39. The molecule has 2 N–H and O–H groups in total. The van der Waals surface area contributed by atoms with E-state index in [0.717, 1.165) is 25.7 Å². The lowest BCUT2D eigenvalue weighted by Crippen LogP contribution is -2.66. The number of hydrogen-bond donors (Lipinski definition) is 2. The standard InChI is InChI=1S/C14H23NO5/c1-2-11-3-12(9-16)5-13(4-11,10-17)8-14(6-11,7-12)20-15(18)19/h16-17H,2-10H2,1H3. The maximum atomic E-state index is 10.9. The summed E-state index contributed by atoms with van der Waals surface area (Å²) in [5, 5.41) is 30.0. The van der Waals surface area contributed by atoms with Crippen LogP contribution in [0, 0.1) is 26.4 Å². The van der Waals surface area contributed by atoms with Crippen LogP contribution in [0.5, 0.6) is 0 Å². The van der Waals surface area contributed by atoms with Crippen molar-refractivity contribution in [1.82, 2.24) is 0 Å². The Hall–Kier alpha value is -0.880. The van der Waals surface area contributed by atoms with Gasteiger partial charge in [0.25, 0.3) is 5.09 Å². The van der Waals surface area contributed by atoms with Crippen LogP contribution in [-0.4, -0.2) is 34.1 Å². The Labute approximate surface area is 118 Å². The summed E-state index contributed by atoms with van der Waals surface area (Å²) in [5.41, 5.74) is -1.47. The highest BCUT2D eigenvalue weighted by atomic mass is 17.0. The van der Waals surface area contributed by atoms with E-state index in [0.29, 0.717) is 19.3 Å². The number of hydrogen-bond acceptors (Lipinski definition) is 5. The van der Waals surface area contributed by atoms with Crippen LogP contribution in [-0.2, 0) is 4.84 Å². The highest BCUT2D eigenvalue weighted by Crippen LogP contribution is 2.72. The van der Waals surface area contributed by atoms with Crippen LogP contribution in [0.2, 0.25) is 0 Å². The van der Waals surface area contributed by atoms with E-state index in [-0.39, 0.29) is 29.5 Å². The maximum absolute atomic E-state index is 10.9. The van der Waals surface area contributed by atoms with Crippen molar-refractivity contribution in [3.8, 4) is 0 Å². The first kappa shape index (κ1) is 14.1. The van der Waals surface area contributed by atoms with Crippen LogP contribution >= 0.6 is 0 Å². The molecule has 4 bridgehead atoms. The van der Waals surface area contributed by atoms with Crippen LogP contribution in [0.25, 0.3) is 0 Å². The van der Waals surface area contributed by atoms with Crippen molar-refractivity contribution in [2.45, 2.75) is 57.5 Å². The Balaban J connectivity index is 2.05. The molecule has 0 spiro atoms. The first-order chi connectivity index (χ1) is 9.34. The zero-order valence-electron chi connectivity index (χ0n) is 11.9. The van der Waals surface area contributed by atoms with E-state index in [2.05, 4.69) is 6.92 Å². The smallest absolute Gasteiger partial charge is 0.295 e. The van der Waals surface area contributed by atoms with E-state index in [4.69, 9.17) is 4.84 Å². The minimum absolute atomic E-state index is 0.0271. The monoisotopic (exact) mass is 285 g/mol. The van der Waals surface area contributed by atoms with Crippen molar-refractivity contribution in [1.29, 1.82) is 0 Å². The fraction of sp³-hybridized carbons (Fsp3) is 1.00. The van der Waals surface area contributed by atoms with Gasteiger partial charge in [-0.25, -0.2) is 0 Å². The Kier molecular flexibility index (Phi) is 2.86. The lowest BCUT2D eigenvalue weighted by molar-refractivity contribution is -0.787. The van der Waals surface area contributed by atoms with Gasteiger partial charge in [0.05, 0.1) is 0 Å². The van der Waals surface area contributed by atoms with Crippen molar-refractivity contribution in [3.05, 3.63) is 10.1 Å². The van der Waals surface area contributed by atoms with E-state index in [1.54, 1.807) is 0 Å². The molecule has 0 aromatic rings. The summed E-state index contributed by atoms with van der Waals surface area (Å²) in [7, 11) is 0. The van der Waals surface area contributed by atoms with E-state index in [1.807, 2.05) is 0 Å². The molecule has 0 saturated heterocycles. The van der Waals surface area contributed by atoms with E-state index in [9.17, 15) is 20.3 Å². The molecule has 4 aliphatic carbocycles. The van der Waals surface area contributed by atoms with Gasteiger partial charge >= 0.3 is 0 Å². The lowest BCUT2D eigenvalue weighted by atomic mass is 9.38. The van der Waals surface area contributed by atoms with Crippen molar-refractivity contribution in [3.63, 3.8) is 0 Å². The Morgan fingerprint density at radius 1 is 1.00 bits per heavy atom. The molecule has 0 heterocycles. The average Bonchev–Trinajstić information content (AvgIpc) is 2.36. The Bertz CT molecular complexity index is 379. The van der Waals surface area contributed by atoms with Gasteiger partial charge in [0.2, 0.25) is 0 Å². The van der Waals surface area contributed by atoms with Gasteiger partial charge in [-0.1, -0.05) is 13.3 Å². The van der Waals surface area contributed by atoms with Crippen LogP contribution in [0.4, 0.5) is 0 Å². The fourth-order valence-corrected chi connectivity index (χ4v) is 6.15. The molecule has 4 fully saturated rings. The SMILES string of the molecule is CCC12CC3(CO)CC(CO)(C1)CC(O[N+](=O)[O-])(C2)C3. The van der Waals surface area contributed by atoms with Gasteiger partial charge in [0, 0.05) is 13.2 Å². The second kappa shape index (κ2) is 4.07. The number of aliphatic hydroxyl groups excluding tert-OH is 2. The second-order valence-electron chi connectivity index (χ2n) is 7.73. The average molecular weight is 285 g/mol. The molecule has 0 radical (unpaired) electrons. The number of nitrogens with zero attached hydrogens (tertiary/aromatic N) is 1.